The van der Waals surface area contributed by atoms with Crippen molar-refractivity contribution in [3.8, 4) is 23.7 Å². The number of nitrogens with zero attached hydrogens (tertiary/aromatic N) is 3. The molecule has 1 aliphatic rings. The lowest BCUT2D eigenvalue weighted by atomic mass is 10.3. The van der Waals surface area contributed by atoms with E-state index in [4.69, 9.17) is 0 Å². The van der Waals surface area contributed by atoms with Crippen LogP contribution in [0.15, 0.2) is 118 Å². The summed E-state index contributed by atoms with van der Waals surface area (Å²) in [4.78, 5) is 0.266. The highest BCUT2D eigenvalue weighted by Crippen LogP contribution is 2.18. The van der Waals surface area contributed by atoms with E-state index >= 15 is 0 Å². The van der Waals surface area contributed by atoms with E-state index in [9.17, 15) is 25.3 Å². The summed E-state index contributed by atoms with van der Waals surface area (Å²) in [6, 6.07) is 23.7. The molecular formula is C31H31N3O6S3. The maximum Gasteiger partial charge on any atom is 0.244 e. The molecule has 224 valence electrons. The lowest BCUT2D eigenvalue weighted by Gasteiger charge is -2.20. The van der Waals surface area contributed by atoms with Gasteiger partial charge < -0.3 is 0 Å². The molecular weight excluding hydrogens is 607 g/mol. The van der Waals surface area contributed by atoms with Crippen LogP contribution in [0.3, 0.4) is 0 Å². The molecule has 12 heteroatoms. The molecule has 4 rings (SSSR count). The average molecular weight is 638 g/mol. The minimum absolute atomic E-state index is 0.0107. The van der Waals surface area contributed by atoms with Gasteiger partial charge in [-0.05, 0) is 42.8 Å². The standard InChI is InChI=1S/C31H31N3O6S3/c35-41(36,29-17-5-1-6-18-29)32-23-11-4-12-24-33(42(37,38)30-19-7-2-8-20-30)26-14-16-28-34(27-15-13-25-32)43(39,40)31-21-9-3-10-22-31/h1-11,17-22H,12,23-28H2/b11-4+. The van der Waals surface area contributed by atoms with Crippen LogP contribution in [-0.2, 0) is 30.1 Å². The van der Waals surface area contributed by atoms with Gasteiger partial charge in [0.25, 0.3) is 0 Å². The van der Waals surface area contributed by atoms with Crippen molar-refractivity contribution in [3.63, 3.8) is 0 Å². The van der Waals surface area contributed by atoms with Crippen molar-refractivity contribution in [2.45, 2.75) is 21.1 Å². The fourth-order valence-electron chi connectivity index (χ4n) is 4.09. The highest BCUT2D eigenvalue weighted by molar-refractivity contribution is 7.89. The highest BCUT2D eigenvalue weighted by atomic mass is 32.2. The first-order valence-electron chi connectivity index (χ1n) is 13.4. The number of hydrogen-bond acceptors (Lipinski definition) is 6. The van der Waals surface area contributed by atoms with Crippen LogP contribution < -0.4 is 0 Å². The van der Waals surface area contributed by atoms with Gasteiger partial charge in [-0.2, -0.15) is 12.9 Å². The van der Waals surface area contributed by atoms with Gasteiger partial charge >= 0.3 is 0 Å². The predicted molar refractivity (Wildman–Crippen MR) is 165 cm³/mol. The first kappa shape index (κ1) is 32.2. The largest absolute Gasteiger partial charge is 0.244 e. The van der Waals surface area contributed by atoms with E-state index in [1.54, 1.807) is 66.7 Å². The molecule has 1 aliphatic heterocycles. The number of rotatable bonds is 6. The van der Waals surface area contributed by atoms with Crippen molar-refractivity contribution in [1.82, 2.24) is 12.9 Å². The second-order valence-electron chi connectivity index (χ2n) is 9.32. The Balaban J connectivity index is 1.69. The topological polar surface area (TPSA) is 112 Å². The third-order valence-electron chi connectivity index (χ3n) is 6.44. The summed E-state index contributed by atoms with van der Waals surface area (Å²) < 4.78 is 83.9. The first-order chi connectivity index (χ1) is 20.6. The van der Waals surface area contributed by atoms with E-state index < -0.39 is 30.1 Å². The van der Waals surface area contributed by atoms with Crippen molar-refractivity contribution in [2.24, 2.45) is 0 Å². The molecule has 0 unspecified atom stereocenters. The molecule has 0 radical (unpaired) electrons. The summed E-state index contributed by atoms with van der Waals surface area (Å²) in [5.74, 6) is 11.2. The third kappa shape index (κ3) is 8.21. The van der Waals surface area contributed by atoms with Crippen LogP contribution in [0.2, 0.25) is 0 Å². The van der Waals surface area contributed by atoms with E-state index in [1.807, 2.05) is 0 Å². The second-order valence-corrected chi connectivity index (χ2v) is 15.1. The van der Waals surface area contributed by atoms with Crippen molar-refractivity contribution in [2.75, 3.05) is 39.3 Å². The van der Waals surface area contributed by atoms with Crippen molar-refractivity contribution < 1.29 is 25.3 Å². The molecule has 0 N–H and O–H groups in total. The zero-order chi connectivity index (χ0) is 30.8. The molecule has 0 atom stereocenters. The fraction of sp³-hybridized carbons (Fsp3) is 0.226. The smallest absolute Gasteiger partial charge is 0.207 e. The maximum atomic E-state index is 13.4. The molecule has 0 saturated heterocycles. The Hall–Kier alpha value is -3.75. The summed E-state index contributed by atoms with van der Waals surface area (Å²) in [6.07, 6.45) is 3.67. The summed E-state index contributed by atoms with van der Waals surface area (Å²) >= 11 is 0. The van der Waals surface area contributed by atoms with Crippen LogP contribution in [0, 0.1) is 23.7 Å². The van der Waals surface area contributed by atoms with Crippen LogP contribution >= 0.6 is 0 Å². The zero-order valence-corrected chi connectivity index (χ0v) is 25.7. The van der Waals surface area contributed by atoms with Crippen LogP contribution in [0.25, 0.3) is 0 Å². The molecule has 0 aliphatic carbocycles. The minimum Gasteiger partial charge on any atom is -0.207 e. The fourth-order valence-corrected chi connectivity index (χ4v) is 8.05. The first-order valence-corrected chi connectivity index (χ1v) is 17.7. The number of sulfonamides is 3. The predicted octanol–water partition coefficient (Wildman–Crippen LogP) is 3.03. The van der Waals surface area contributed by atoms with E-state index in [-0.39, 0.29) is 54.0 Å². The molecule has 0 saturated carbocycles. The van der Waals surface area contributed by atoms with Crippen molar-refractivity contribution in [1.29, 1.82) is 0 Å². The van der Waals surface area contributed by atoms with Crippen LogP contribution in [0.1, 0.15) is 6.42 Å². The third-order valence-corrected chi connectivity index (χ3v) is 11.9. The molecule has 0 bridgehead atoms. The maximum absolute atomic E-state index is 13.4. The Morgan fingerprint density at radius 2 is 0.791 bits per heavy atom. The summed E-state index contributed by atoms with van der Waals surface area (Å²) in [5, 5.41) is 0. The molecule has 9 nitrogen and oxygen atoms in total. The van der Waals surface area contributed by atoms with Gasteiger partial charge in [0.15, 0.2) is 0 Å². The van der Waals surface area contributed by atoms with Crippen LogP contribution in [0.5, 0.6) is 0 Å². The van der Waals surface area contributed by atoms with Gasteiger partial charge in [-0.1, -0.05) is 90.4 Å². The highest BCUT2D eigenvalue weighted by Gasteiger charge is 2.26. The van der Waals surface area contributed by atoms with E-state index in [2.05, 4.69) is 23.7 Å². The zero-order valence-electron chi connectivity index (χ0n) is 23.3. The van der Waals surface area contributed by atoms with Gasteiger partial charge in [0.05, 0.1) is 40.9 Å². The van der Waals surface area contributed by atoms with Gasteiger partial charge in [0, 0.05) is 13.1 Å². The molecule has 0 fully saturated rings. The summed E-state index contributed by atoms with van der Waals surface area (Å²) in [6.45, 7) is -0.752. The quantitative estimate of drug-likeness (QED) is 0.304. The molecule has 43 heavy (non-hydrogen) atoms. The van der Waals surface area contributed by atoms with E-state index in [0.717, 1.165) is 4.31 Å². The lowest BCUT2D eigenvalue weighted by molar-refractivity contribution is 0.450. The Labute approximate surface area is 254 Å². The molecule has 3 aromatic rings. The van der Waals surface area contributed by atoms with Gasteiger partial charge in [0.1, 0.15) is 0 Å². The molecule has 1 heterocycles. The molecule has 0 spiro atoms. The average Bonchev–Trinajstić information content (AvgIpc) is 3.02. The molecule has 0 aromatic heterocycles. The van der Waals surface area contributed by atoms with Crippen molar-refractivity contribution >= 4 is 30.1 Å². The van der Waals surface area contributed by atoms with E-state index in [1.165, 1.54) is 45.0 Å². The minimum atomic E-state index is -4.00. The lowest BCUT2D eigenvalue weighted by Crippen LogP contribution is -2.34. The van der Waals surface area contributed by atoms with E-state index in [0.29, 0.717) is 6.42 Å². The Morgan fingerprint density at radius 3 is 1.23 bits per heavy atom. The van der Waals surface area contributed by atoms with Gasteiger partial charge in [0.2, 0.25) is 30.1 Å². The summed E-state index contributed by atoms with van der Waals surface area (Å²) in [5.41, 5.74) is 0. The molecule has 0 amide bonds. The Bertz CT molecular complexity index is 1860. The number of benzene rings is 3. The second kappa shape index (κ2) is 14.6. The van der Waals surface area contributed by atoms with Crippen molar-refractivity contribution in [3.05, 3.63) is 103 Å². The summed E-state index contributed by atoms with van der Waals surface area (Å²) in [7, 11) is -11.8. The number of hydrogen-bond donors (Lipinski definition) is 0. The van der Waals surface area contributed by atoms with Gasteiger partial charge in [-0.3, -0.25) is 0 Å². The monoisotopic (exact) mass is 637 g/mol. The van der Waals surface area contributed by atoms with Crippen LogP contribution in [-0.4, -0.2) is 77.4 Å². The van der Waals surface area contributed by atoms with Gasteiger partial charge in [-0.15, -0.1) is 0 Å². The van der Waals surface area contributed by atoms with Gasteiger partial charge in [-0.25, -0.2) is 25.3 Å². The molecule has 3 aromatic carbocycles. The Morgan fingerprint density at radius 1 is 0.442 bits per heavy atom. The van der Waals surface area contributed by atoms with Crippen LogP contribution in [0.4, 0.5) is 0 Å². The SMILES string of the molecule is O=S(=O)(c1ccccc1)N1CC#CCN(S(=O)(=O)c2ccccc2)C/C=C/CCN(S(=O)(=O)c2ccccc2)CC#CC1. The Kier molecular flexibility index (Phi) is 10.9. The normalized spacial score (nSPS) is 17.6.